The summed E-state index contributed by atoms with van der Waals surface area (Å²) in [4.78, 5) is 25.0. The number of hydrogen-bond acceptors (Lipinski definition) is 5. The van der Waals surface area contributed by atoms with Crippen molar-refractivity contribution in [2.24, 2.45) is 0 Å². The van der Waals surface area contributed by atoms with Crippen LogP contribution in [0.2, 0.25) is 0 Å². The molecular formula is C24H28N2O3S. The number of carbonyl (C=O) groups is 2. The third-order valence-corrected chi connectivity index (χ3v) is 5.56. The number of ether oxygens (including phenoxy) is 1. The van der Waals surface area contributed by atoms with Crippen molar-refractivity contribution < 1.29 is 14.3 Å². The lowest BCUT2D eigenvalue weighted by Gasteiger charge is -2.35. The van der Waals surface area contributed by atoms with Gasteiger partial charge in [0.15, 0.2) is 5.78 Å². The van der Waals surface area contributed by atoms with Gasteiger partial charge >= 0.3 is 0 Å². The minimum absolute atomic E-state index is 0.0518. The fraction of sp³-hybridized carbons (Fsp3) is 0.333. The van der Waals surface area contributed by atoms with Crippen LogP contribution in [-0.4, -0.2) is 36.3 Å². The van der Waals surface area contributed by atoms with Crippen LogP contribution in [0, 0.1) is 0 Å². The molecule has 2 aromatic carbocycles. The smallest absolute Gasteiger partial charge is 0.225 e. The van der Waals surface area contributed by atoms with E-state index in [0.29, 0.717) is 17.7 Å². The summed E-state index contributed by atoms with van der Waals surface area (Å²) >= 11 is 1.63. The first-order valence-corrected chi connectivity index (χ1v) is 11.3. The molecule has 1 amide bonds. The summed E-state index contributed by atoms with van der Waals surface area (Å²) in [6.45, 7) is 4.23. The minimum Gasteiger partial charge on any atom is -0.497 e. The highest BCUT2D eigenvalue weighted by Gasteiger charge is 2.28. The van der Waals surface area contributed by atoms with Crippen LogP contribution >= 0.6 is 11.8 Å². The zero-order chi connectivity index (χ0) is 21.7. The van der Waals surface area contributed by atoms with E-state index in [0.717, 1.165) is 29.2 Å². The highest BCUT2D eigenvalue weighted by Crippen LogP contribution is 2.32. The predicted octanol–water partition coefficient (Wildman–Crippen LogP) is 4.53. The molecule has 30 heavy (non-hydrogen) atoms. The third kappa shape index (κ3) is 5.45. The number of benzene rings is 2. The number of amides is 1. The highest BCUT2D eigenvalue weighted by molar-refractivity contribution is 7.98. The zero-order valence-electron chi connectivity index (χ0n) is 17.9. The van der Waals surface area contributed by atoms with E-state index in [1.54, 1.807) is 49.2 Å². The maximum absolute atomic E-state index is 13.0. The van der Waals surface area contributed by atoms with Crippen molar-refractivity contribution >= 4 is 34.8 Å². The van der Waals surface area contributed by atoms with E-state index in [1.807, 2.05) is 18.4 Å². The monoisotopic (exact) mass is 424 g/mol. The molecule has 1 aliphatic heterocycles. The van der Waals surface area contributed by atoms with Crippen molar-refractivity contribution in [3.8, 4) is 5.75 Å². The van der Waals surface area contributed by atoms with Gasteiger partial charge in [-0.1, -0.05) is 18.2 Å². The number of thioether (sulfide) groups is 1. The summed E-state index contributed by atoms with van der Waals surface area (Å²) < 4.78 is 5.37. The van der Waals surface area contributed by atoms with E-state index in [1.165, 1.54) is 5.56 Å². The Balaban J connectivity index is 1.87. The molecule has 0 saturated carbocycles. The first-order chi connectivity index (χ1) is 14.3. The Morgan fingerprint density at radius 1 is 1.23 bits per heavy atom. The molecule has 2 aromatic rings. The van der Waals surface area contributed by atoms with Gasteiger partial charge in [0.2, 0.25) is 5.91 Å². The first kappa shape index (κ1) is 22.0. The van der Waals surface area contributed by atoms with Gasteiger partial charge < -0.3 is 15.4 Å². The Morgan fingerprint density at radius 3 is 2.77 bits per heavy atom. The van der Waals surface area contributed by atoms with Crippen LogP contribution < -0.4 is 15.4 Å². The van der Waals surface area contributed by atoms with Gasteiger partial charge in [-0.3, -0.25) is 9.59 Å². The lowest BCUT2D eigenvalue weighted by atomic mass is 9.85. The van der Waals surface area contributed by atoms with E-state index in [-0.39, 0.29) is 17.2 Å². The molecule has 0 unspecified atom stereocenters. The Labute approximate surface area is 182 Å². The standard InChI is InChI=1S/C24H28N2O3S/c1-24(2)15-17-8-9-19(29-3)13-20(17)21(26-24)14-22(27)16-6-5-7-18(12-16)25-23(28)10-11-30-4/h5-9,12-14,26H,10-11,15H2,1-4H3,(H,25,28)/b21-14-. The van der Waals surface area contributed by atoms with Crippen LogP contribution in [0.1, 0.15) is 41.8 Å². The number of anilines is 1. The van der Waals surface area contributed by atoms with Crippen LogP contribution in [0.3, 0.4) is 0 Å². The van der Waals surface area contributed by atoms with Crippen LogP contribution in [0.25, 0.3) is 5.70 Å². The summed E-state index contributed by atoms with van der Waals surface area (Å²) in [5.74, 6) is 1.35. The van der Waals surface area contributed by atoms with Gasteiger partial charge in [0, 0.05) is 46.3 Å². The fourth-order valence-electron chi connectivity index (χ4n) is 3.54. The van der Waals surface area contributed by atoms with Crippen LogP contribution in [0.5, 0.6) is 5.75 Å². The van der Waals surface area contributed by atoms with Crippen LogP contribution in [-0.2, 0) is 11.2 Å². The molecule has 3 rings (SSSR count). The van der Waals surface area contributed by atoms with Gasteiger partial charge in [-0.05, 0) is 56.4 Å². The number of ketones is 1. The van der Waals surface area contributed by atoms with Gasteiger partial charge in [-0.2, -0.15) is 11.8 Å². The number of fused-ring (bicyclic) bond motifs is 1. The van der Waals surface area contributed by atoms with Gasteiger partial charge in [-0.25, -0.2) is 0 Å². The lowest BCUT2D eigenvalue weighted by molar-refractivity contribution is -0.115. The number of rotatable bonds is 7. The van der Waals surface area contributed by atoms with E-state index >= 15 is 0 Å². The molecule has 0 atom stereocenters. The second-order valence-electron chi connectivity index (χ2n) is 8.00. The zero-order valence-corrected chi connectivity index (χ0v) is 18.7. The second-order valence-corrected chi connectivity index (χ2v) is 8.99. The van der Waals surface area contributed by atoms with Gasteiger partial charge in [0.25, 0.3) is 0 Å². The van der Waals surface area contributed by atoms with E-state index < -0.39 is 0 Å². The first-order valence-electron chi connectivity index (χ1n) is 9.91. The summed E-state index contributed by atoms with van der Waals surface area (Å²) in [6.07, 6.45) is 4.90. The highest BCUT2D eigenvalue weighted by atomic mass is 32.2. The average Bonchev–Trinajstić information content (AvgIpc) is 2.71. The molecule has 0 radical (unpaired) electrons. The largest absolute Gasteiger partial charge is 0.497 e. The maximum atomic E-state index is 13.0. The molecule has 0 spiro atoms. The molecule has 0 fully saturated rings. The fourth-order valence-corrected chi connectivity index (χ4v) is 3.93. The van der Waals surface area contributed by atoms with Crippen molar-refractivity contribution in [2.45, 2.75) is 32.2 Å². The summed E-state index contributed by atoms with van der Waals surface area (Å²) in [5, 5.41) is 6.35. The SMILES string of the molecule is COc1ccc2c(c1)/C(=C/C(=O)c1cccc(NC(=O)CCSC)c1)NC(C)(C)C2. The van der Waals surface area contributed by atoms with Gasteiger partial charge in [0.1, 0.15) is 5.75 Å². The Kier molecular flexibility index (Phi) is 6.87. The second kappa shape index (κ2) is 9.39. The van der Waals surface area contributed by atoms with Crippen LogP contribution in [0.4, 0.5) is 5.69 Å². The maximum Gasteiger partial charge on any atom is 0.225 e. The van der Waals surface area contributed by atoms with Crippen molar-refractivity contribution in [3.05, 3.63) is 65.2 Å². The molecule has 0 aliphatic carbocycles. The summed E-state index contributed by atoms with van der Waals surface area (Å²) in [7, 11) is 1.63. The molecule has 1 aliphatic rings. The van der Waals surface area contributed by atoms with E-state index in [9.17, 15) is 9.59 Å². The molecule has 1 heterocycles. The normalized spacial score (nSPS) is 15.8. The van der Waals surface area contributed by atoms with Crippen molar-refractivity contribution in [1.82, 2.24) is 5.32 Å². The molecule has 158 valence electrons. The molecule has 2 N–H and O–H groups in total. The van der Waals surface area contributed by atoms with E-state index in [4.69, 9.17) is 4.74 Å². The molecule has 6 heteroatoms. The number of methoxy groups -OCH3 is 1. The molecule has 0 saturated heterocycles. The van der Waals surface area contributed by atoms with Crippen LogP contribution in [0.15, 0.2) is 48.5 Å². The van der Waals surface area contributed by atoms with E-state index in [2.05, 4.69) is 30.5 Å². The molecule has 0 bridgehead atoms. The Hall–Kier alpha value is -2.73. The number of allylic oxidation sites excluding steroid dienone is 1. The van der Waals surface area contributed by atoms with Gasteiger partial charge in [-0.15, -0.1) is 0 Å². The molecule has 0 aromatic heterocycles. The Bertz CT molecular complexity index is 982. The minimum atomic E-state index is -0.166. The number of carbonyl (C=O) groups excluding carboxylic acids is 2. The summed E-state index contributed by atoms with van der Waals surface area (Å²) in [6, 6.07) is 13.0. The number of hydrogen-bond donors (Lipinski definition) is 2. The lowest BCUT2D eigenvalue weighted by Crippen LogP contribution is -2.43. The molecule has 5 nitrogen and oxygen atoms in total. The average molecular weight is 425 g/mol. The van der Waals surface area contributed by atoms with Crippen molar-refractivity contribution in [1.29, 1.82) is 0 Å². The van der Waals surface area contributed by atoms with Crippen molar-refractivity contribution in [2.75, 3.05) is 24.4 Å². The Morgan fingerprint density at radius 2 is 2.03 bits per heavy atom. The third-order valence-electron chi connectivity index (χ3n) is 4.95. The molecular weight excluding hydrogens is 396 g/mol. The summed E-state index contributed by atoms with van der Waals surface area (Å²) in [5.41, 5.74) is 3.92. The number of nitrogens with one attached hydrogen (secondary N) is 2. The quantitative estimate of drug-likeness (QED) is 0.505. The van der Waals surface area contributed by atoms with Gasteiger partial charge in [0.05, 0.1) is 7.11 Å². The van der Waals surface area contributed by atoms with Crippen molar-refractivity contribution in [3.63, 3.8) is 0 Å². The predicted molar refractivity (Wildman–Crippen MR) is 124 cm³/mol. The topological polar surface area (TPSA) is 67.4 Å².